The molecule has 1 fully saturated rings. The van der Waals surface area contributed by atoms with E-state index in [-0.39, 0.29) is 0 Å². The lowest BCUT2D eigenvalue weighted by Gasteiger charge is -2.33. The molecule has 2 rings (SSSR count). The average Bonchev–Trinajstić information content (AvgIpc) is 2.17. The first-order valence-electron chi connectivity index (χ1n) is 5.78. The molecule has 15 heavy (non-hydrogen) atoms. The molecule has 82 valence electrons. The summed E-state index contributed by atoms with van der Waals surface area (Å²) < 4.78 is 0. The summed E-state index contributed by atoms with van der Waals surface area (Å²) in [4.78, 5) is 2.42. The van der Waals surface area contributed by atoms with Gasteiger partial charge in [-0.05, 0) is 43.4 Å². The Labute approximate surface area is 92.1 Å². The average molecular weight is 204 g/mol. The molecule has 2 heteroatoms. The van der Waals surface area contributed by atoms with E-state index < -0.39 is 0 Å². The van der Waals surface area contributed by atoms with Crippen molar-refractivity contribution in [1.29, 1.82) is 0 Å². The first-order valence-corrected chi connectivity index (χ1v) is 5.78. The second kappa shape index (κ2) is 4.13. The highest BCUT2D eigenvalue weighted by atomic mass is 15.1. The summed E-state index contributed by atoms with van der Waals surface area (Å²) >= 11 is 0. The van der Waals surface area contributed by atoms with Crippen molar-refractivity contribution in [3.05, 3.63) is 23.8 Å². The Morgan fingerprint density at radius 1 is 1.40 bits per heavy atom. The number of nitrogen functional groups attached to an aromatic ring is 1. The van der Waals surface area contributed by atoms with Gasteiger partial charge in [0.25, 0.3) is 0 Å². The van der Waals surface area contributed by atoms with Gasteiger partial charge in [0, 0.05) is 13.1 Å². The van der Waals surface area contributed by atoms with Gasteiger partial charge in [0.05, 0.1) is 11.4 Å². The molecule has 1 aromatic carbocycles. The number of piperidine rings is 1. The van der Waals surface area contributed by atoms with Crippen molar-refractivity contribution in [1.82, 2.24) is 0 Å². The lowest BCUT2D eigenvalue weighted by molar-refractivity contribution is 0.447. The minimum absolute atomic E-state index is 0.791. The van der Waals surface area contributed by atoms with Gasteiger partial charge in [-0.15, -0.1) is 0 Å². The number of nitrogens with two attached hydrogens (primary N) is 1. The molecule has 0 aliphatic carbocycles. The van der Waals surface area contributed by atoms with Gasteiger partial charge < -0.3 is 10.6 Å². The quantitative estimate of drug-likeness (QED) is 0.713. The monoisotopic (exact) mass is 204 g/mol. The van der Waals surface area contributed by atoms with E-state index in [2.05, 4.69) is 36.9 Å². The lowest BCUT2D eigenvalue weighted by atomic mass is 9.99. The molecule has 0 unspecified atom stereocenters. The zero-order chi connectivity index (χ0) is 10.8. The third-order valence-corrected chi connectivity index (χ3v) is 3.18. The molecule has 2 N–H and O–H groups in total. The van der Waals surface area contributed by atoms with Gasteiger partial charge in [-0.2, -0.15) is 0 Å². The molecule has 1 aliphatic rings. The van der Waals surface area contributed by atoms with Gasteiger partial charge in [0.15, 0.2) is 0 Å². The normalized spacial score (nSPS) is 21.7. The van der Waals surface area contributed by atoms with E-state index in [4.69, 9.17) is 5.73 Å². The molecule has 0 bridgehead atoms. The van der Waals surface area contributed by atoms with E-state index in [1.54, 1.807) is 0 Å². The van der Waals surface area contributed by atoms with E-state index in [1.807, 2.05) is 0 Å². The third kappa shape index (κ3) is 2.25. The number of aryl methyl sites for hydroxylation is 1. The van der Waals surface area contributed by atoms with E-state index in [9.17, 15) is 0 Å². The maximum Gasteiger partial charge on any atom is 0.0600 e. The largest absolute Gasteiger partial charge is 0.397 e. The first-order chi connectivity index (χ1) is 7.16. The summed E-state index contributed by atoms with van der Waals surface area (Å²) in [7, 11) is 0. The zero-order valence-corrected chi connectivity index (χ0v) is 9.66. The highest BCUT2D eigenvalue weighted by Crippen LogP contribution is 2.28. The van der Waals surface area contributed by atoms with Crippen LogP contribution >= 0.6 is 0 Å². The standard InChI is InChI=1S/C13H20N2/c1-10-5-6-13(12(14)8-10)15-7-3-4-11(2)9-15/h5-6,8,11H,3-4,7,9,14H2,1-2H3/t11-/m0/s1. The molecule has 1 aliphatic heterocycles. The predicted molar refractivity (Wildman–Crippen MR) is 66.2 cm³/mol. The second-order valence-electron chi connectivity index (χ2n) is 4.76. The number of benzene rings is 1. The Balaban J connectivity index is 2.21. The van der Waals surface area contributed by atoms with Gasteiger partial charge in [-0.1, -0.05) is 13.0 Å². The summed E-state index contributed by atoms with van der Waals surface area (Å²) in [5.41, 5.74) is 9.43. The fraction of sp³-hybridized carbons (Fsp3) is 0.538. The van der Waals surface area contributed by atoms with E-state index in [1.165, 1.54) is 24.1 Å². The van der Waals surface area contributed by atoms with Crippen LogP contribution in [0.25, 0.3) is 0 Å². The fourth-order valence-corrected chi connectivity index (χ4v) is 2.37. The van der Waals surface area contributed by atoms with Crippen LogP contribution < -0.4 is 10.6 Å². The Kier molecular flexibility index (Phi) is 2.85. The minimum atomic E-state index is 0.791. The Morgan fingerprint density at radius 3 is 2.87 bits per heavy atom. The predicted octanol–water partition coefficient (Wildman–Crippen LogP) is 2.81. The Morgan fingerprint density at radius 2 is 2.20 bits per heavy atom. The highest BCUT2D eigenvalue weighted by molar-refractivity contribution is 5.68. The second-order valence-corrected chi connectivity index (χ2v) is 4.76. The third-order valence-electron chi connectivity index (χ3n) is 3.18. The topological polar surface area (TPSA) is 29.3 Å². The molecule has 1 aromatic rings. The summed E-state index contributed by atoms with van der Waals surface area (Å²) in [6.07, 6.45) is 2.64. The fourth-order valence-electron chi connectivity index (χ4n) is 2.37. The van der Waals surface area contributed by atoms with Crippen LogP contribution in [0.15, 0.2) is 18.2 Å². The molecule has 0 radical (unpaired) electrons. The van der Waals surface area contributed by atoms with Crippen LogP contribution in [0.4, 0.5) is 11.4 Å². The van der Waals surface area contributed by atoms with Crippen LogP contribution in [0.2, 0.25) is 0 Å². The van der Waals surface area contributed by atoms with Crippen LogP contribution in [0.1, 0.15) is 25.3 Å². The van der Waals surface area contributed by atoms with Crippen molar-refractivity contribution >= 4 is 11.4 Å². The van der Waals surface area contributed by atoms with Gasteiger partial charge in [0.1, 0.15) is 0 Å². The van der Waals surface area contributed by atoms with E-state index in [0.29, 0.717) is 0 Å². The zero-order valence-electron chi connectivity index (χ0n) is 9.66. The molecule has 0 spiro atoms. The number of hydrogen-bond acceptors (Lipinski definition) is 2. The van der Waals surface area contributed by atoms with Gasteiger partial charge in [-0.25, -0.2) is 0 Å². The number of hydrogen-bond donors (Lipinski definition) is 1. The van der Waals surface area contributed by atoms with Crippen LogP contribution in [-0.4, -0.2) is 13.1 Å². The van der Waals surface area contributed by atoms with Crippen molar-refractivity contribution in [3.63, 3.8) is 0 Å². The van der Waals surface area contributed by atoms with Gasteiger partial charge in [0.2, 0.25) is 0 Å². The molecule has 2 nitrogen and oxygen atoms in total. The van der Waals surface area contributed by atoms with Crippen molar-refractivity contribution in [3.8, 4) is 0 Å². The molecule has 0 saturated carbocycles. The van der Waals surface area contributed by atoms with Gasteiger partial charge >= 0.3 is 0 Å². The first kappa shape index (κ1) is 10.3. The summed E-state index contributed by atoms with van der Waals surface area (Å²) in [6.45, 7) is 6.69. The summed E-state index contributed by atoms with van der Waals surface area (Å²) in [6, 6.07) is 6.36. The minimum Gasteiger partial charge on any atom is -0.397 e. The SMILES string of the molecule is Cc1ccc(N2CCC[C@H](C)C2)c(N)c1. The lowest BCUT2D eigenvalue weighted by Crippen LogP contribution is -2.34. The maximum atomic E-state index is 6.06. The van der Waals surface area contributed by atoms with E-state index >= 15 is 0 Å². The molecule has 1 saturated heterocycles. The number of rotatable bonds is 1. The smallest absolute Gasteiger partial charge is 0.0600 e. The summed E-state index contributed by atoms with van der Waals surface area (Å²) in [5.74, 6) is 0.791. The Hall–Kier alpha value is -1.18. The van der Waals surface area contributed by atoms with Crippen LogP contribution in [0.3, 0.4) is 0 Å². The van der Waals surface area contributed by atoms with Crippen molar-refractivity contribution < 1.29 is 0 Å². The van der Waals surface area contributed by atoms with E-state index in [0.717, 1.165) is 24.7 Å². The molecule has 0 aromatic heterocycles. The molecule has 1 atom stereocenters. The van der Waals surface area contributed by atoms with Crippen molar-refractivity contribution in [2.45, 2.75) is 26.7 Å². The Bertz CT molecular complexity index is 346. The number of nitrogens with zero attached hydrogens (tertiary/aromatic N) is 1. The van der Waals surface area contributed by atoms with Crippen LogP contribution in [-0.2, 0) is 0 Å². The maximum absolute atomic E-state index is 6.06. The molecular weight excluding hydrogens is 184 g/mol. The highest BCUT2D eigenvalue weighted by Gasteiger charge is 2.17. The molecular formula is C13H20N2. The van der Waals surface area contributed by atoms with Crippen molar-refractivity contribution in [2.75, 3.05) is 23.7 Å². The number of anilines is 2. The van der Waals surface area contributed by atoms with Crippen molar-refractivity contribution in [2.24, 2.45) is 5.92 Å². The molecule has 0 amide bonds. The van der Waals surface area contributed by atoms with Gasteiger partial charge in [-0.3, -0.25) is 0 Å². The van der Waals surface area contributed by atoms with Crippen LogP contribution in [0.5, 0.6) is 0 Å². The summed E-state index contributed by atoms with van der Waals surface area (Å²) in [5, 5.41) is 0. The van der Waals surface area contributed by atoms with Crippen LogP contribution in [0, 0.1) is 12.8 Å². The molecule has 1 heterocycles.